The Labute approximate surface area is 183 Å². The molecule has 31 heavy (non-hydrogen) atoms. The fourth-order valence-corrected chi connectivity index (χ4v) is 3.96. The molecule has 158 valence electrons. The third-order valence-electron chi connectivity index (χ3n) is 5.38. The van der Waals surface area contributed by atoms with Gasteiger partial charge in [0.05, 0.1) is 5.52 Å². The van der Waals surface area contributed by atoms with Crippen LogP contribution in [-0.4, -0.2) is 34.7 Å². The Morgan fingerprint density at radius 1 is 1.06 bits per heavy atom. The van der Waals surface area contributed by atoms with Gasteiger partial charge in [0.2, 0.25) is 5.78 Å². The molecular weight excluding hydrogens is 422 g/mol. The summed E-state index contributed by atoms with van der Waals surface area (Å²) in [5, 5.41) is 0.942. The lowest BCUT2D eigenvalue weighted by Crippen LogP contribution is -2.38. The predicted octanol–water partition coefficient (Wildman–Crippen LogP) is 4.98. The van der Waals surface area contributed by atoms with E-state index in [4.69, 9.17) is 11.6 Å². The first-order chi connectivity index (χ1) is 14.9. The number of halogens is 3. The zero-order chi connectivity index (χ0) is 22.0. The molecule has 1 aromatic heterocycles. The lowest BCUT2D eigenvalue weighted by atomic mass is 9.98. The minimum atomic E-state index is -0.666. The quantitative estimate of drug-likeness (QED) is 0.537. The summed E-state index contributed by atoms with van der Waals surface area (Å²) in [6.07, 6.45) is 4.45. The number of carbonyl (C=O) groups excluding carboxylic acids is 2. The number of benzene rings is 2. The zero-order valence-electron chi connectivity index (χ0n) is 16.6. The Bertz CT molecular complexity index is 1210. The molecule has 0 N–H and O–H groups in total. The monoisotopic (exact) mass is 440 g/mol. The summed E-state index contributed by atoms with van der Waals surface area (Å²) in [4.78, 5) is 30.9. The van der Waals surface area contributed by atoms with Gasteiger partial charge in [0.1, 0.15) is 11.6 Å². The van der Waals surface area contributed by atoms with E-state index in [1.54, 1.807) is 12.3 Å². The largest absolute Gasteiger partial charge is 0.335 e. The number of nitrogens with zero attached hydrogens (tertiary/aromatic N) is 2. The smallest absolute Gasteiger partial charge is 0.290 e. The van der Waals surface area contributed by atoms with Crippen molar-refractivity contribution in [2.45, 2.75) is 19.3 Å². The molecule has 1 amide bonds. The van der Waals surface area contributed by atoms with Gasteiger partial charge in [0, 0.05) is 36.1 Å². The fraction of sp³-hybridized carbons (Fsp3) is 0.208. The van der Waals surface area contributed by atoms with E-state index < -0.39 is 17.5 Å². The van der Waals surface area contributed by atoms with Crippen molar-refractivity contribution in [3.8, 4) is 0 Å². The summed E-state index contributed by atoms with van der Waals surface area (Å²) < 4.78 is 27.8. The van der Waals surface area contributed by atoms with Crippen molar-refractivity contribution in [3.05, 3.63) is 82.5 Å². The van der Waals surface area contributed by atoms with Crippen LogP contribution in [0.15, 0.2) is 54.7 Å². The van der Waals surface area contributed by atoms with E-state index in [1.165, 1.54) is 29.2 Å². The van der Waals surface area contributed by atoms with Crippen molar-refractivity contribution in [2.75, 3.05) is 13.1 Å². The molecule has 4 nitrogen and oxygen atoms in total. The predicted molar refractivity (Wildman–Crippen MR) is 116 cm³/mol. The number of aromatic nitrogens is 1. The maximum Gasteiger partial charge on any atom is 0.290 e. The molecule has 0 aliphatic carbocycles. The summed E-state index contributed by atoms with van der Waals surface area (Å²) in [5.74, 6) is -2.24. The van der Waals surface area contributed by atoms with Crippen LogP contribution < -0.4 is 0 Å². The Balaban J connectivity index is 1.47. The lowest BCUT2D eigenvalue weighted by molar-refractivity contribution is -0.144. The first kappa shape index (κ1) is 21.1. The van der Waals surface area contributed by atoms with Crippen molar-refractivity contribution >= 4 is 39.8 Å². The Morgan fingerprint density at radius 3 is 2.71 bits per heavy atom. The molecular formula is C24H19ClF2N2O2. The van der Waals surface area contributed by atoms with Gasteiger partial charge in [-0.1, -0.05) is 23.7 Å². The molecule has 4 rings (SSSR count). The molecule has 0 bridgehead atoms. The van der Waals surface area contributed by atoms with Crippen molar-refractivity contribution in [3.63, 3.8) is 0 Å². The molecule has 0 spiro atoms. The fourth-order valence-electron chi connectivity index (χ4n) is 3.80. The van der Waals surface area contributed by atoms with Crippen molar-refractivity contribution < 1.29 is 18.4 Å². The number of ketones is 1. The van der Waals surface area contributed by atoms with E-state index in [-0.39, 0.29) is 22.8 Å². The summed E-state index contributed by atoms with van der Waals surface area (Å²) >= 11 is 5.73. The van der Waals surface area contributed by atoms with E-state index in [2.05, 4.69) is 4.98 Å². The second-order valence-corrected chi connectivity index (χ2v) is 7.85. The SMILES string of the molecule is O=C(Cc1ccc(Cl)cc1F)C(=O)N1CCC=C(c2ccnc3ccc(F)cc23)CC1. The van der Waals surface area contributed by atoms with Crippen LogP contribution in [-0.2, 0) is 16.0 Å². The van der Waals surface area contributed by atoms with Gasteiger partial charge in [-0.3, -0.25) is 14.6 Å². The Kier molecular flexibility index (Phi) is 6.09. The Morgan fingerprint density at radius 2 is 1.90 bits per heavy atom. The first-order valence-corrected chi connectivity index (χ1v) is 10.3. The van der Waals surface area contributed by atoms with Crippen LogP contribution in [0.5, 0.6) is 0 Å². The zero-order valence-corrected chi connectivity index (χ0v) is 17.3. The van der Waals surface area contributed by atoms with E-state index in [9.17, 15) is 18.4 Å². The number of rotatable bonds is 4. The molecule has 0 radical (unpaired) electrons. The Hall–Kier alpha value is -3.12. The van der Waals surface area contributed by atoms with Gasteiger partial charge < -0.3 is 4.90 Å². The van der Waals surface area contributed by atoms with Gasteiger partial charge in [-0.2, -0.15) is 0 Å². The minimum Gasteiger partial charge on any atom is -0.335 e. The summed E-state index contributed by atoms with van der Waals surface area (Å²) in [6.45, 7) is 0.729. The van der Waals surface area contributed by atoms with E-state index in [0.717, 1.165) is 17.2 Å². The normalized spacial score (nSPS) is 14.3. The highest BCUT2D eigenvalue weighted by Gasteiger charge is 2.24. The maximum atomic E-state index is 14.0. The molecule has 0 saturated carbocycles. The molecule has 2 heterocycles. The number of hydrogen-bond donors (Lipinski definition) is 0. The molecule has 3 aromatic rings. The van der Waals surface area contributed by atoms with E-state index in [0.29, 0.717) is 36.8 Å². The van der Waals surface area contributed by atoms with Gasteiger partial charge in [0.15, 0.2) is 0 Å². The third kappa shape index (κ3) is 4.64. The average Bonchev–Trinajstić information content (AvgIpc) is 3.01. The molecule has 0 unspecified atom stereocenters. The molecule has 7 heteroatoms. The van der Waals surface area contributed by atoms with Crippen LogP contribution in [0.1, 0.15) is 24.0 Å². The minimum absolute atomic E-state index is 0.140. The third-order valence-corrected chi connectivity index (χ3v) is 5.62. The standard InChI is InChI=1S/C24H19ClF2N2O2/c25-17-4-3-16(21(27)13-17)12-23(30)24(31)29-10-1-2-15(8-11-29)19-7-9-28-22-6-5-18(26)14-20(19)22/h2-7,9,13-14H,1,8,10-12H2. The highest BCUT2D eigenvalue weighted by atomic mass is 35.5. The van der Waals surface area contributed by atoms with Gasteiger partial charge >= 0.3 is 0 Å². The molecule has 0 atom stereocenters. The molecule has 2 aromatic carbocycles. The number of hydrogen-bond acceptors (Lipinski definition) is 3. The van der Waals surface area contributed by atoms with Crippen LogP contribution in [0.3, 0.4) is 0 Å². The van der Waals surface area contributed by atoms with Gasteiger partial charge in [-0.25, -0.2) is 8.78 Å². The second kappa shape index (κ2) is 8.94. The van der Waals surface area contributed by atoms with Crippen LogP contribution in [0.2, 0.25) is 5.02 Å². The van der Waals surface area contributed by atoms with Crippen LogP contribution in [0, 0.1) is 11.6 Å². The van der Waals surface area contributed by atoms with Crippen molar-refractivity contribution in [2.24, 2.45) is 0 Å². The topological polar surface area (TPSA) is 50.3 Å². The molecule has 1 aliphatic rings. The molecule has 0 fully saturated rings. The van der Waals surface area contributed by atoms with Gasteiger partial charge in [-0.15, -0.1) is 0 Å². The van der Waals surface area contributed by atoms with Gasteiger partial charge in [0.25, 0.3) is 5.91 Å². The number of amides is 1. The van der Waals surface area contributed by atoms with Crippen LogP contribution in [0.25, 0.3) is 16.5 Å². The number of carbonyl (C=O) groups is 2. The number of fused-ring (bicyclic) bond motifs is 1. The number of pyridine rings is 1. The molecule has 1 aliphatic heterocycles. The van der Waals surface area contributed by atoms with E-state index >= 15 is 0 Å². The summed E-state index contributed by atoms with van der Waals surface area (Å²) in [5.41, 5.74) is 2.68. The lowest BCUT2D eigenvalue weighted by Gasteiger charge is -2.20. The average molecular weight is 441 g/mol. The highest BCUT2D eigenvalue weighted by molar-refractivity contribution is 6.36. The highest BCUT2D eigenvalue weighted by Crippen LogP contribution is 2.29. The molecule has 0 saturated heterocycles. The number of Topliss-reactive ketones (excluding diaryl/α,β-unsaturated/α-hetero) is 1. The second-order valence-electron chi connectivity index (χ2n) is 7.42. The summed E-state index contributed by atoms with van der Waals surface area (Å²) in [7, 11) is 0. The van der Waals surface area contributed by atoms with Crippen molar-refractivity contribution in [1.29, 1.82) is 0 Å². The van der Waals surface area contributed by atoms with Crippen LogP contribution >= 0.6 is 11.6 Å². The first-order valence-electron chi connectivity index (χ1n) is 9.92. The van der Waals surface area contributed by atoms with Gasteiger partial charge in [-0.05, 0) is 65.9 Å². The van der Waals surface area contributed by atoms with Crippen molar-refractivity contribution in [1.82, 2.24) is 9.88 Å². The summed E-state index contributed by atoms with van der Waals surface area (Å²) in [6, 6.07) is 10.3. The van der Waals surface area contributed by atoms with E-state index in [1.807, 2.05) is 12.1 Å². The maximum absolute atomic E-state index is 14.0. The van der Waals surface area contributed by atoms with Crippen LogP contribution in [0.4, 0.5) is 8.78 Å².